The van der Waals surface area contributed by atoms with Crippen LogP contribution in [0.1, 0.15) is 25.7 Å². The lowest BCUT2D eigenvalue weighted by Gasteiger charge is -2.28. The van der Waals surface area contributed by atoms with Gasteiger partial charge in [-0.2, -0.15) is 0 Å². The van der Waals surface area contributed by atoms with Crippen LogP contribution in [0.5, 0.6) is 11.5 Å². The number of hydrogen-bond donors (Lipinski definition) is 2. The fourth-order valence-corrected chi connectivity index (χ4v) is 2.35. The highest BCUT2D eigenvalue weighted by Crippen LogP contribution is 2.19. The summed E-state index contributed by atoms with van der Waals surface area (Å²) >= 11 is 0. The van der Waals surface area contributed by atoms with E-state index in [0.717, 1.165) is 31.4 Å². The van der Waals surface area contributed by atoms with Crippen LogP contribution in [-0.4, -0.2) is 36.9 Å². The molecule has 0 spiro atoms. The average Bonchev–Trinajstić information content (AvgIpc) is 2.48. The van der Waals surface area contributed by atoms with Gasteiger partial charge < -0.3 is 19.9 Å². The van der Waals surface area contributed by atoms with E-state index in [9.17, 15) is 9.90 Å². The number of nitrogens with one attached hydrogen (secondary N) is 1. The van der Waals surface area contributed by atoms with Crippen LogP contribution in [0.25, 0.3) is 0 Å². The monoisotopic (exact) mass is 279 g/mol. The van der Waals surface area contributed by atoms with Gasteiger partial charge in [-0.3, -0.25) is 4.79 Å². The number of ether oxygens (including phenoxy) is 2. The Morgan fingerprint density at radius 1 is 1.25 bits per heavy atom. The summed E-state index contributed by atoms with van der Waals surface area (Å²) in [5.41, 5.74) is 0. The molecule has 0 unspecified atom stereocenters. The molecule has 1 saturated carbocycles. The highest BCUT2D eigenvalue weighted by molar-refractivity contribution is 5.77. The first-order valence-corrected chi connectivity index (χ1v) is 6.93. The Hall–Kier alpha value is -1.75. The molecule has 1 aliphatic rings. The van der Waals surface area contributed by atoms with Gasteiger partial charge in [-0.25, -0.2) is 0 Å². The van der Waals surface area contributed by atoms with Crippen molar-refractivity contribution in [1.82, 2.24) is 5.32 Å². The van der Waals surface area contributed by atoms with Gasteiger partial charge in [0.25, 0.3) is 5.91 Å². The molecule has 5 heteroatoms. The quantitative estimate of drug-likeness (QED) is 0.857. The molecule has 20 heavy (non-hydrogen) atoms. The summed E-state index contributed by atoms with van der Waals surface area (Å²) in [5.74, 6) is 1.16. The Bertz CT molecular complexity index is 432. The summed E-state index contributed by atoms with van der Waals surface area (Å²) in [6, 6.07) is 6.91. The summed E-state index contributed by atoms with van der Waals surface area (Å²) in [6.45, 7) is -0.0461. The van der Waals surface area contributed by atoms with E-state index in [1.807, 2.05) is 0 Å². The van der Waals surface area contributed by atoms with Crippen LogP contribution in [0.3, 0.4) is 0 Å². The molecule has 2 N–H and O–H groups in total. The highest BCUT2D eigenvalue weighted by Gasteiger charge is 2.24. The molecule has 1 amide bonds. The minimum atomic E-state index is -0.436. The van der Waals surface area contributed by atoms with Gasteiger partial charge in [-0.1, -0.05) is 12.8 Å². The molecule has 110 valence electrons. The largest absolute Gasteiger partial charge is 0.497 e. The number of methoxy groups -OCH3 is 1. The Morgan fingerprint density at radius 3 is 2.55 bits per heavy atom. The van der Waals surface area contributed by atoms with E-state index in [4.69, 9.17) is 9.47 Å². The van der Waals surface area contributed by atoms with Gasteiger partial charge in [-0.15, -0.1) is 0 Å². The lowest BCUT2D eigenvalue weighted by Crippen LogP contribution is -2.46. The van der Waals surface area contributed by atoms with Crippen LogP contribution < -0.4 is 14.8 Å². The number of carbonyl (C=O) groups excluding carboxylic acids is 1. The maximum atomic E-state index is 11.8. The minimum Gasteiger partial charge on any atom is -0.497 e. The van der Waals surface area contributed by atoms with Gasteiger partial charge in [0.15, 0.2) is 6.61 Å². The molecule has 1 aromatic carbocycles. The number of rotatable bonds is 5. The van der Waals surface area contributed by atoms with Crippen molar-refractivity contribution in [2.24, 2.45) is 0 Å². The molecule has 0 radical (unpaired) electrons. The Kier molecular flexibility index (Phi) is 5.24. The molecule has 0 bridgehead atoms. The van der Waals surface area contributed by atoms with Crippen LogP contribution in [0.4, 0.5) is 0 Å². The van der Waals surface area contributed by atoms with Crippen molar-refractivity contribution in [3.63, 3.8) is 0 Å². The van der Waals surface area contributed by atoms with Crippen LogP contribution in [0.2, 0.25) is 0 Å². The molecule has 2 rings (SSSR count). The van der Waals surface area contributed by atoms with Crippen molar-refractivity contribution in [2.75, 3.05) is 13.7 Å². The summed E-state index contributed by atoms with van der Waals surface area (Å²) < 4.78 is 10.4. The summed E-state index contributed by atoms with van der Waals surface area (Å²) in [4.78, 5) is 11.8. The number of benzene rings is 1. The smallest absolute Gasteiger partial charge is 0.258 e. The lowest BCUT2D eigenvalue weighted by atomic mass is 9.92. The van der Waals surface area contributed by atoms with Gasteiger partial charge in [0.05, 0.1) is 19.3 Å². The van der Waals surface area contributed by atoms with Gasteiger partial charge in [0, 0.05) is 0 Å². The number of aliphatic hydroxyl groups excluding tert-OH is 1. The van der Waals surface area contributed by atoms with E-state index in [-0.39, 0.29) is 18.6 Å². The third-order valence-electron chi connectivity index (χ3n) is 3.51. The predicted octanol–water partition coefficient (Wildman–Crippen LogP) is 1.49. The lowest BCUT2D eigenvalue weighted by molar-refractivity contribution is -0.125. The van der Waals surface area contributed by atoms with E-state index in [1.54, 1.807) is 31.4 Å². The maximum Gasteiger partial charge on any atom is 0.258 e. The molecule has 0 aliphatic heterocycles. The fourth-order valence-electron chi connectivity index (χ4n) is 2.35. The second-order valence-corrected chi connectivity index (χ2v) is 4.99. The van der Waals surface area contributed by atoms with Crippen molar-refractivity contribution in [3.8, 4) is 11.5 Å². The van der Waals surface area contributed by atoms with Crippen molar-refractivity contribution < 1.29 is 19.4 Å². The van der Waals surface area contributed by atoms with Crippen LogP contribution in [0.15, 0.2) is 24.3 Å². The summed E-state index contributed by atoms with van der Waals surface area (Å²) in [5, 5.41) is 12.6. The van der Waals surface area contributed by atoms with Gasteiger partial charge in [0.2, 0.25) is 0 Å². The van der Waals surface area contributed by atoms with Gasteiger partial charge in [-0.05, 0) is 37.1 Å². The second kappa shape index (κ2) is 7.14. The third-order valence-corrected chi connectivity index (χ3v) is 3.51. The molecule has 0 saturated heterocycles. The van der Waals surface area contributed by atoms with Crippen LogP contribution in [-0.2, 0) is 4.79 Å². The highest BCUT2D eigenvalue weighted by atomic mass is 16.5. The molecular formula is C15H21NO4. The first kappa shape index (κ1) is 14.7. The van der Waals surface area contributed by atoms with E-state index in [2.05, 4.69) is 5.32 Å². The zero-order valence-corrected chi connectivity index (χ0v) is 11.7. The molecular weight excluding hydrogens is 258 g/mol. The fraction of sp³-hybridized carbons (Fsp3) is 0.533. The SMILES string of the molecule is COc1ccc(OCC(=O)N[C@@H]2CCCC[C@H]2O)cc1. The average molecular weight is 279 g/mol. The van der Waals surface area contributed by atoms with Gasteiger partial charge in [0.1, 0.15) is 11.5 Å². The topological polar surface area (TPSA) is 67.8 Å². The maximum absolute atomic E-state index is 11.8. The second-order valence-electron chi connectivity index (χ2n) is 4.99. The van der Waals surface area contributed by atoms with E-state index < -0.39 is 6.10 Å². The third kappa shape index (κ3) is 4.13. The number of carbonyl (C=O) groups is 1. The number of amides is 1. The predicted molar refractivity (Wildman–Crippen MR) is 74.9 cm³/mol. The minimum absolute atomic E-state index is 0.0461. The van der Waals surface area contributed by atoms with E-state index >= 15 is 0 Å². The molecule has 0 heterocycles. The van der Waals surface area contributed by atoms with E-state index in [0.29, 0.717) is 5.75 Å². The van der Waals surface area contributed by atoms with Crippen molar-refractivity contribution in [3.05, 3.63) is 24.3 Å². The normalized spacial score (nSPS) is 22.1. The van der Waals surface area contributed by atoms with E-state index in [1.165, 1.54) is 0 Å². The summed E-state index contributed by atoms with van der Waals surface area (Å²) in [6.07, 6.45) is 3.21. The first-order valence-electron chi connectivity index (χ1n) is 6.93. The Balaban J connectivity index is 1.76. The van der Waals surface area contributed by atoms with Crippen LogP contribution >= 0.6 is 0 Å². The van der Waals surface area contributed by atoms with Crippen LogP contribution in [0, 0.1) is 0 Å². The number of hydrogen-bond acceptors (Lipinski definition) is 4. The number of aliphatic hydroxyl groups is 1. The van der Waals surface area contributed by atoms with Crippen molar-refractivity contribution in [1.29, 1.82) is 0 Å². The molecule has 1 fully saturated rings. The van der Waals surface area contributed by atoms with Gasteiger partial charge >= 0.3 is 0 Å². The molecule has 2 atom stereocenters. The zero-order valence-electron chi connectivity index (χ0n) is 11.7. The first-order chi connectivity index (χ1) is 9.69. The Labute approximate surface area is 118 Å². The molecule has 1 aromatic rings. The van der Waals surface area contributed by atoms with Crippen molar-refractivity contribution in [2.45, 2.75) is 37.8 Å². The molecule has 1 aliphatic carbocycles. The molecule has 5 nitrogen and oxygen atoms in total. The zero-order chi connectivity index (χ0) is 14.4. The molecule has 0 aromatic heterocycles. The van der Waals surface area contributed by atoms with Crippen molar-refractivity contribution >= 4 is 5.91 Å². The Morgan fingerprint density at radius 2 is 1.90 bits per heavy atom. The summed E-state index contributed by atoms with van der Waals surface area (Å²) in [7, 11) is 1.60. The standard InChI is InChI=1S/C15H21NO4/c1-19-11-6-8-12(9-7-11)20-10-15(18)16-13-4-2-3-5-14(13)17/h6-9,13-14,17H,2-5,10H2,1H3,(H,16,18)/t13-,14-/m1/s1.